The highest BCUT2D eigenvalue weighted by Crippen LogP contribution is 2.27. The van der Waals surface area contributed by atoms with Crippen LogP contribution in [0.2, 0.25) is 0 Å². The molecule has 1 aromatic heterocycles. The van der Waals surface area contributed by atoms with Crippen molar-refractivity contribution in [2.45, 2.75) is 43.6 Å². The van der Waals surface area contributed by atoms with Crippen molar-refractivity contribution in [1.82, 2.24) is 14.9 Å². The molecule has 0 aliphatic heterocycles. The number of fused-ring (bicyclic) bond motifs is 1. The predicted molar refractivity (Wildman–Crippen MR) is 120 cm³/mol. The first-order chi connectivity index (χ1) is 14.7. The second-order valence-corrected chi connectivity index (χ2v) is 9.03. The number of rotatable bonds is 6. The van der Waals surface area contributed by atoms with Crippen LogP contribution in [0.5, 0.6) is 0 Å². The van der Waals surface area contributed by atoms with Gasteiger partial charge in [0.05, 0.1) is 27.9 Å². The van der Waals surface area contributed by atoms with Gasteiger partial charge in [-0.15, -0.1) is 0 Å². The lowest BCUT2D eigenvalue weighted by molar-refractivity contribution is -0.121. The van der Waals surface area contributed by atoms with Crippen LogP contribution in [-0.2, 0) is 4.79 Å². The number of carbonyl (C=O) groups is 1. The molecule has 3 rings (SSSR count). The number of halogens is 1. The summed E-state index contributed by atoms with van der Waals surface area (Å²) in [5.74, 6) is -1.04. The van der Waals surface area contributed by atoms with Gasteiger partial charge in [-0.05, 0) is 44.0 Å². The maximum Gasteiger partial charge on any atom is 0.266 e. The molecule has 0 radical (unpaired) electrons. The quantitative estimate of drug-likeness (QED) is 0.463. The van der Waals surface area contributed by atoms with Crippen molar-refractivity contribution < 1.29 is 9.18 Å². The molecule has 31 heavy (non-hydrogen) atoms. The van der Waals surface area contributed by atoms with Crippen molar-refractivity contribution >= 4 is 28.6 Å². The van der Waals surface area contributed by atoms with Gasteiger partial charge >= 0.3 is 0 Å². The highest BCUT2D eigenvalue weighted by atomic mass is 32.2. The number of para-hydroxylation sites is 2. The van der Waals surface area contributed by atoms with Crippen LogP contribution in [0.15, 0.2) is 58.5 Å². The van der Waals surface area contributed by atoms with Crippen molar-refractivity contribution in [2.24, 2.45) is 5.92 Å². The Hall–Kier alpha value is -3.18. The lowest BCUT2D eigenvalue weighted by Gasteiger charge is -2.28. The van der Waals surface area contributed by atoms with Crippen molar-refractivity contribution in [2.75, 3.05) is 0 Å². The van der Waals surface area contributed by atoms with Gasteiger partial charge in [0.25, 0.3) is 5.56 Å². The number of nitriles is 1. The first-order valence-electron chi connectivity index (χ1n) is 9.84. The maximum atomic E-state index is 14.6. The minimum atomic E-state index is -1.03. The van der Waals surface area contributed by atoms with Gasteiger partial charge in [0.15, 0.2) is 5.16 Å². The number of hydrogen-bond acceptors (Lipinski definition) is 5. The molecule has 1 heterocycles. The molecule has 0 aliphatic carbocycles. The first-order valence-corrected chi connectivity index (χ1v) is 10.7. The minimum Gasteiger partial charge on any atom is -0.337 e. The molecule has 0 spiro atoms. The molecule has 0 saturated carbocycles. The Morgan fingerprint density at radius 3 is 2.48 bits per heavy atom. The number of nitrogens with one attached hydrogen (secondary N) is 1. The molecule has 1 N–H and O–H groups in total. The molecule has 2 unspecified atom stereocenters. The summed E-state index contributed by atoms with van der Waals surface area (Å²) in [5.41, 5.74) is -0.938. The summed E-state index contributed by atoms with van der Waals surface area (Å²) in [5, 5.41) is 12.1. The van der Waals surface area contributed by atoms with Crippen LogP contribution in [0.1, 0.15) is 27.7 Å². The van der Waals surface area contributed by atoms with Crippen LogP contribution >= 0.6 is 11.8 Å². The number of aromatic nitrogens is 2. The molecule has 2 atom stereocenters. The number of nitrogens with zero attached hydrogens (tertiary/aromatic N) is 3. The summed E-state index contributed by atoms with van der Waals surface area (Å²) >= 11 is 1.04. The van der Waals surface area contributed by atoms with Crippen molar-refractivity contribution in [1.29, 1.82) is 5.26 Å². The lowest BCUT2D eigenvalue weighted by Crippen LogP contribution is -2.51. The van der Waals surface area contributed by atoms with E-state index in [1.807, 2.05) is 13.8 Å². The van der Waals surface area contributed by atoms with Crippen molar-refractivity contribution in [3.05, 3.63) is 64.7 Å². The topological polar surface area (TPSA) is 87.8 Å². The standard InChI is InChI=1S/C23H23FN4O2S/c1-14(2)23(4,13-25)27-20(29)15(3)31-22-26-18-11-7-5-9-16(18)21(30)28(22)19-12-8-6-10-17(19)24/h5-12,14-15H,1-4H3,(H,27,29). The van der Waals surface area contributed by atoms with Crippen LogP contribution in [0.4, 0.5) is 4.39 Å². The monoisotopic (exact) mass is 438 g/mol. The fraction of sp³-hybridized carbons (Fsp3) is 0.304. The Bertz CT molecular complexity index is 1230. The number of hydrogen-bond donors (Lipinski definition) is 1. The van der Waals surface area contributed by atoms with E-state index in [9.17, 15) is 19.2 Å². The Morgan fingerprint density at radius 2 is 1.84 bits per heavy atom. The Morgan fingerprint density at radius 1 is 1.19 bits per heavy atom. The van der Waals surface area contributed by atoms with Gasteiger partial charge < -0.3 is 5.32 Å². The summed E-state index contributed by atoms with van der Waals surface area (Å²) in [6.07, 6.45) is 0. The smallest absolute Gasteiger partial charge is 0.266 e. The Kier molecular flexibility index (Phi) is 6.46. The molecule has 3 aromatic rings. The van der Waals surface area contributed by atoms with E-state index in [2.05, 4.69) is 16.4 Å². The number of benzene rings is 2. The molecule has 0 bridgehead atoms. The average Bonchev–Trinajstić information content (AvgIpc) is 2.74. The molecule has 8 heteroatoms. The molecule has 6 nitrogen and oxygen atoms in total. The van der Waals surface area contributed by atoms with E-state index in [4.69, 9.17) is 0 Å². The van der Waals surface area contributed by atoms with Gasteiger partial charge in [-0.1, -0.05) is 49.9 Å². The lowest BCUT2D eigenvalue weighted by atomic mass is 9.90. The third-order valence-electron chi connectivity index (χ3n) is 5.26. The largest absolute Gasteiger partial charge is 0.337 e. The first kappa shape index (κ1) is 22.5. The van der Waals surface area contributed by atoms with Gasteiger partial charge in [0.2, 0.25) is 5.91 Å². The molecule has 0 saturated heterocycles. The van der Waals surface area contributed by atoms with Crippen molar-refractivity contribution in [3.63, 3.8) is 0 Å². The third-order valence-corrected chi connectivity index (χ3v) is 6.31. The maximum absolute atomic E-state index is 14.6. The van der Waals surface area contributed by atoms with E-state index in [-0.39, 0.29) is 22.7 Å². The van der Waals surface area contributed by atoms with E-state index in [0.29, 0.717) is 10.9 Å². The molecular weight excluding hydrogens is 415 g/mol. The van der Waals surface area contributed by atoms with E-state index >= 15 is 0 Å². The summed E-state index contributed by atoms with van der Waals surface area (Å²) in [6.45, 7) is 7.02. The van der Waals surface area contributed by atoms with Crippen LogP contribution in [-0.4, -0.2) is 26.2 Å². The second kappa shape index (κ2) is 8.90. The number of carbonyl (C=O) groups excluding carboxylic acids is 1. The van der Waals surface area contributed by atoms with Gasteiger partial charge in [0.1, 0.15) is 11.4 Å². The molecule has 0 fully saturated rings. The Balaban J connectivity index is 2.07. The molecular formula is C23H23FN4O2S. The van der Waals surface area contributed by atoms with E-state index in [1.165, 1.54) is 22.8 Å². The molecule has 1 amide bonds. The highest BCUT2D eigenvalue weighted by Gasteiger charge is 2.32. The summed E-state index contributed by atoms with van der Waals surface area (Å²) < 4.78 is 15.8. The Labute approximate surface area is 184 Å². The SMILES string of the molecule is CC(Sc1nc2ccccc2c(=O)n1-c1ccccc1F)C(=O)NC(C)(C#N)C(C)C. The predicted octanol–water partition coefficient (Wildman–Crippen LogP) is 4.06. The van der Waals surface area contributed by atoms with Gasteiger partial charge in [-0.3, -0.25) is 14.2 Å². The van der Waals surface area contributed by atoms with Gasteiger partial charge in [-0.2, -0.15) is 5.26 Å². The van der Waals surface area contributed by atoms with Gasteiger partial charge in [-0.25, -0.2) is 9.37 Å². The van der Waals surface area contributed by atoms with Crippen LogP contribution in [0.25, 0.3) is 16.6 Å². The highest BCUT2D eigenvalue weighted by molar-refractivity contribution is 8.00. The zero-order valence-corrected chi connectivity index (χ0v) is 18.5. The van der Waals surface area contributed by atoms with Crippen LogP contribution < -0.4 is 10.9 Å². The molecule has 0 aliphatic rings. The van der Waals surface area contributed by atoms with E-state index < -0.39 is 22.2 Å². The van der Waals surface area contributed by atoms with Crippen LogP contribution in [0, 0.1) is 23.1 Å². The number of amides is 1. The molecule has 2 aromatic carbocycles. The summed E-state index contributed by atoms with van der Waals surface area (Å²) in [6, 6.07) is 14.9. The van der Waals surface area contributed by atoms with E-state index in [0.717, 1.165) is 11.8 Å². The normalized spacial score (nSPS) is 14.1. The second-order valence-electron chi connectivity index (χ2n) is 7.72. The van der Waals surface area contributed by atoms with Crippen LogP contribution in [0.3, 0.4) is 0 Å². The van der Waals surface area contributed by atoms with Crippen molar-refractivity contribution in [3.8, 4) is 11.8 Å². The molecule has 160 valence electrons. The fourth-order valence-electron chi connectivity index (χ4n) is 2.91. The summed E-state index contributed by atoms with van der Waals surface area (Å²) in [4.78, 5) is 30.6. The fourth-order valence-corrected chi connectivity index (χ4v) is 3.83. The zero-order valence-electron chi connectivity index (χ0n) is 17.7. The van der Waals surface area contributed by atoms with E-state index in [1.54, 1.807) is 44.2 Å². The minimum absolute atomic E-state index is 0.0601. The third kappa shape index (κ3) is 4.47. The summed E-state index contributed by atoms with van der Waals surface area (Å²) in [7, 11) is 0. The zero-order chi connectivity index (χ0) is 22.8. The average molecular weight is 439 g/mol. The number of thioether (sulfide) groups is 1. The van der Waals surface area contributed by atoms with Gasteiger partial charge in [0, 0.05) is 0 Å².